The van der Waals surface area contributed by atoms with Crippen molar-refractivity contribution in [1.29, 1.82) is 0 Å². The van der Waals surface area contributed by atoms with Crippen molar-refractivity contribution in [3.63, 3.8) is 0 Å². The molecule has 0 aliphatic rings. The van der Waals surface area contributed by atoms with E-state index in [0.717, 1.165) is 5.56 Å². The second kappa shape index (κ2) is 5.64. The van der Waals surface area contributed by atoms with E-state index in [0.29, 0.717) is 11.1 Å². The van der Waals surface area contributed by atoms with E-state index in [1.54, 1.807) is 0 Å². The first-order chi connectivity index (χ1) is 6.63. The molecule has 1 atom stereocenters. The van der Waals surface area contributed by atoms with Crippen molar-refractivity contribution in [3.8, 4) is 0 Å². The van der Waals surface area contributed by atoms with Gasteiger partial charge in [-0.05, 0) is 17.7 Å². The smallest absolute Gasteiger partial charge is 0.0432 e. The predicted octanol–water partition coefficient (Wildman–Crippen LogP) is 3.43. The van der Waals surface area contributed by atoms with Crippen molar-refractivity contribution in [2.75, 3.05) is 5.88 Å². The lowest BCUT2D eigenvalue weighted by molar-refractivity contribution is 0.825. The van der Waals surface area contributed by atoms with Crippen LogP contribution in [0.2, 0.25) is 0 Å². The molecule has 0 aliphatic heterocycles. The lowest BCUT2D eigenvalue weighted by atomic mass is 10.1. The van der Waals surface area contributed by atoms with E-state index in [4.69, 9.17) is 17.3 Å². The number of hydrogen-bond acceptors (Lipinski definition) is 2. The average Bonchev–Trinajstić information content (AvgIpc) is 2.17. The first kappa shape index (κ1) is 11.9. The molecule has 78 valence electrons. The summed E-state index contributed by atoms with van der Waals surface area (Å²) in [5.74, 6) is 0.469. The van der Waals surface area contributed by atoms with Crippen LogP contribution in [0.5, 0.6) is 0 Å². The molecule has 3 heteroatoms. The molecule has 0 aliphatic carbocycles. The highest BCUT2D eigenvalue weighted by molar-refractivity contribution is 7.99. The van der Waals surface area contributed by atoms with Gasteiger partial charge in [0, 0.05) is 22.1 Å². The predicted molar refractivity (Wildman–Crippen MR) is 65.1 cm³/mol. The van der Waals surface area contributed by atoms with Crippen molar-refractivity contribution in [3.05, 3.63) is 29.8 Å². The molecule has 1 unspecified atom stereocenters. The zero-order chi connectivity index (χ0) is 10.6. The maximum Gasteiger partial charge on any atom is 0.0432 e. The Morgan fingerprint density at radius 1 is 1.29 bits per heavy atom. The molecule has 0 saturated heterocycles. The summed E-state index contributed by atoms with van der Waals surface area (Å²) in [5.41, 5.74) is 6.91. The Balaban J connectivity index is 2.68. The van der Waals surface area contributed by atoms with Gasteiger partial charge in [0.2, 0.25) is 0 Å². The van der Waals surface area contributed by atoms with Gasteiger partial charge in [0.15, 0.2) is 0 Å². The summed E-state index contributed by atoms with van der Waals surface area (Å²) in [4.78, 5) is 1.28. The molecule has 0 radical (unpaired) electrons. The molecule has 0 fully saturated rings. The maximum atomic E-state index is 5.81. The van der Waals surface area contributed by atoms with Crippen LogP contribution in [0.15, 0.2) is 29.2 Å². The molecule has 1 rings (SSSR count). The number of hydrogen-bond donors (Lipinski definition) is 1. The standard InChI is InChI=1S/C11H16ClNS/c1-8(2)14-10-5-3-9(4-6-10)11(13)7-12/h3-6,8,11H,7,13H2,1-2H3. The summed E-state index contributed by atoms with van der Waals surface area (Å²) in [6.45, 7) is 4.37. The van der Waals surface area contributed by atoms with Gasteiger partial charge in [-0.2, -0.15) is 0 Å². The molecular formula is C11H16ClNS. The number of benzene rings is 1. The highest BCUT2D eigenvalue weighted by atomic mass is 35.5. The maximum absolute atomic E-state index is 5.81. The fourth-order valence-electron chi connectivity index (χ4n) is 1.15. The second-order valence-electron chi connectivity index (χ2n) is 3.50. The minimum Gasteiger partial charge on any atom is -0.323 e. The Kier molecular flexibility index (Phi) is 4.79. The third-order valence-electron chi connectivity index (χ3n) is 1.85. The summed E-state index contributed by atoms with van der Waals surface area (Å²) in [7, 11) is 0. The van der Waals surface area contributed by atoms with Crippen LogP contribution >= 0.6 is 23.4 Å². The highest BCUT2D eigenvalue weighted by Gasteiger charge is 2.04. The topological polar surface area (TPSA) is 26.0 Å². The third-order valence-corrected chi connectivity index (χ3v) is 3.19. The van der Waals surface area contributed by atoms with Crippen molar-refractivity contribution >= 4 is 23.4 Å². The summed E-state index contributed by atoms with van der Waals surface area (Å²) < 4.78 is 0. The Morgan fingerprint density at radius 2 is 1.86 bits per heavy atom. The first-order valence-electron chi connectivity index (χ1n) is 4.71. The minimum atomic E-state index is -0.0465. The number of nitrogens with two attached hydrogens (primary N) is 1. The van der Waals surface area contributed by atoms with Gasteiger partial charge in [0.05, 0.1) is 0 Å². The third kappa shape index (κ3) is 3.52. The largest absolute Gasteiger partial charge is 0.323 e. The van der Waals surface area contributed by atoms with Crippen LogP contribution in [-0.2, 0) is 0 Å². The monoisotopic (exact) mass is 229 g/mol. The average molecular weight is 230 g/mol. The van der Waals surface area contributed by atoms with Crippen LogP contribution < -0.4 is 5.73 Å². The molecule has 14 heavy (non-hydrogen) atoms. The number of thioether (sulfide) groups is 1. The normalized spacial score (nSPS) is 13.2. The molecule has 0 amide bonds. The van der Waals surface area contributed by atoms with Gasteiger partial charge in [-0.1, -0.05) is 26.0 Å². The molecule has 0 saturated carbocycles. The fourth-order valence-corrected chi connectivity index (χ4v) is 2.17. The van der Waals surface area contributed by atoms with E-state index in [2.05, 4.69) is 38.1 Å². The molecule has 2 N–H and O–H groups in total. The van der Waals surface area contributed by atoms with Crippen LogP contribution in [0.1, 0.15) is 25.5 Å². The number of alkyl halides is 1. The molecule has 0 heterocycles. The minimum absolute atomic E-state index is 0.0465. The van der Waals surface area contributed by atoms with Gasteiger partial charge < -0.3 is 5.73 Å². The van der Waals surface area contributed by atoms with Crippen LogP contribution in [-0.4, -0.2) is 11.1 Å². The van der Waals surface area contributed by atoms with Gasteiger partial charge in [0.1, 0.15) is 0 Å². The zero-order valence-electron chi connectivity index (χ0n) is 8.53. The Bertz CT molecular complexity index is 271. The Labute approximate surface area is 95.0 Å². The summed E-state index contributed by atoms with van der Waals surface area (Å²) in [6, 6.07) is 8.27. The van der Waals surface area contributed by atoms with E-state index in [1.807, 2.05) is 11.8 Å². The van der Waals surface area contributed by atoms with Gasteiger partial charge >= 0.3 is 0 Å². The summed E-state index contributed by atoms with van der Waals surface area (Å²) >= 11 is 7.53. The molecule has 0 spiro atoms. The van der Waals surface area contributed by atoms with Gasteiger partial charge in [-0.15, -0.1) is 23.4 Å². The van der Waals surface area contributed by atoms with E-state index >= 15 is 0 Å². The van der Waals surface area contributed by atoms with Crippen LogP contribution in [0, 0.1) is 0 Å². The lowest BCUT2D eigenvalue weighted by Crippen LogP contribution is -2.11. The van der Waals surface area contributed by atoms with Crippen LogP contribution in [0.3, 0.4) is 0 Å². The van der Waals surface area contributed by atoms with Crippen molar-refractivity contribution in [2.45, 2.75) is 30.0 Å². The molecule has 0 aromatic heterocycles. The van der Waals surface area contributed by atoms with E-state index in [-0.39, 0.29) is 6.04 Å². The number of rotatable bonds is 4. The van der Waals surface area contributed by atoms with Crippen molar-refractivity contribution < 1.29 is 0 Å². The van der Waals surface area contributed by atoms with Crippen LogP contribution in [0.4, 0.5) is 0 Å². The highest BCUT2D eigenvalue weighted by Crippen LogP contribution is 2.24. The van der Waals surface area contributed by atoms with Crippen molar-refractivity contribution in [1.82, 2.24) is 0 Å². The van der Waals surface area contributed by atoms with Gasteiger partial charge in [-0.25, -0.2) is 0 Å². The molecule has 1 aromatic rings. The quantitative estimate of drug-likeness (QED) is 0.633. The zero-order valence-corrected chi connectivity index (χ0v) is 10.1. The molecule has 0 bridgehead atoms. The fraction of sp³-hybridized carbons (Fsp3) is 0.455. The van der Waals surface area contributed by atoms with E-state index < -0.39 is 0 Å². The Hall–Kier alpha value is -0.180. The number of halogens is 1. The molecular weight excluding hydrogens is 214 g/mol. The first-order valence-corrected chi connectivity index (χ1v) is 6.13. The SMILES string of the molecule is CC(C)Sc1ccc(C(N)CCl)cc1. The lowest BCUT2D eigenvalue weighted by Gasteiger charge is -2.09. The van der Waals surface area contributed by atoms with E-state index in [1.165, 1.54) is 4.90 Å². The summed E-state index contributed by atoms with van der Waals surface area (Å²) in [6.07, 6.45) is 0. The Morgan fingerprint density at radius 3 is 2.29 bits per heavy atom. The van der Waals surface area contributed by atoms with Crippen molar-refractivity contribution in [2.24, 2.45) is 5.73 Å². The molecule has 1 aromatic carbocycles. The second-order valence-corrected chi connectivity index (χ2v) is 5.45. The van der Waals surface area contributed by atoms with Crippen LogP contribution in [0.25, 0.3) is 0 Å². The summed E-state index contributed by atoms with van der Waals surface area (Å²) in [5, 5.41) is 0.613. The van der Waals surface area contributed by atoms with Gasteiger partial charge in [0.25, 0.3) is 0 Å². The van der Waals surface area contributed by atoms with E-state index in [9.17, 15) is 0 Å². The van der Waals surface area contributed by atoms with Gasteiger partial charge in [-0.3, -0.25) is 0 Å². The molecule has 1 nitrogen and oxygen atoms in total.